The summed E-state index contributed by atoms with van der Waals surface area (Å²) in [4.78, 5) is 11.9. The van der Waals surface area contributed by atoms with Crippen molar-refractivity contribution >= 4 is 5.78 Å². The lowest BCUT2D eigenvalue weighted by molar-refractivity contribution is 0.0284. The molecular formula is C15H20O2. The zero-order chi connectivity index (χ0) is 12.1. The van der Waals surface area contributed by atoms with E-state index in [4.69, 9.17) is 4.74 Å². The molecule has 0 saturated heterocycles. The van der Waals surface area contributed by atoms with Gasteiger partial charge in [0.15, 0.2) is 5.78 Å². The van der Waals surface area contributed by atoms with Crippen molar-refractivity contribution in [1.29, 1.82) is 0 Å². The van der Waals surface area contributed by atoms with E-state index in [0.29, 0.717) is 6.10 Å². The zero-order valence-corrected chi connectivity index (χ0v) is 10.4. The molecule has 0 N–H and O–H groups in total. The number of benzene rings is 1. The minimum atomic E-state index is 0.0931. The van der Waals surface area contributed by atoms with Crippen molar-refractivity contribution in [2.75, 3.05) is 6.61 Å². The predicted molar refractivity (Wildman–Crippen MR) is 68.3 cm³/mol. The molecule has 1 fully saturated rings. The number of carbonyl (C=O) groups is 1. The molecule has 17 heavy (non-hydrogen) atoms. The molecule has 0 bridgehead atoms. The second-order valence-electron chi connectivity index (χ2n) is 4.86. The van der Waals surface area contributed by atoms with Crippen molar-refractivity contribution in [3.8, 4) is 0 Å². The topological polar surface area (TPSA) is 26.3 Å². The molecule has 92 valence electrons. The van der Waals surface area contributed by atoms with E-state index >= 15 is 0 Å². The second-order valence-corrected chi connectivity index (χ2v) is 4.86. The molecule has 2 heteroatoms. The molecule has 0 spiro atoms. The maximum absolute atomic E-state index is 11.9. The lowest BCUT2D eigenvalue weighted by Crippen LogP contribution is -2.20. The molecule has 0 amide bonds. The Bertz CT molecular complexity index is 361. The van der Waals surface area contributed by atoms with Crippen LogP contribution in [0.1, 0.15) is 48.0 Å². The van der Waals surface area contributed by atoms with Crippen LogP contribution < -0.4 is 0 Å². The normalized spacial score (nSPS) is 17.0. The van der Waals surface area contributed by atoms with Gasteiger partial charge in [0.05, 0.1) is 6.10 Å². The van der Waals surface area contributed by atoms with Crippen LogP contribution in [0.3, 0.4) is 0 Å². The Balaban J connectivity index is 1.82. The number of Topliss-reactive ketones (excluding diaryl/α,β-unsaturated/α-hetero) is 1. The average molecular weight is 232 g/mol. The van der Waals surface area contributed by atoms with Crippen LogP contribution in [0.15, 0.2) is 24.3 Å². The van der Waals surface area contributed by atoms with E-state index < -0.39 is 0 Å². The molecule has 0 aliphatic heterocycles. The molecule has 0 aromatic heterocycles. The first-order valence-corrected chi connectivity index (χ1v) is 6.47. The number of rotatable bonds is 4. The third-order valence-electron chi connectivity index (χ3n) is 3.38. The van der Waals surface area contributed by atoms with Gasteiger partial charge in [-0.15, -0.1) is 0 Å². The van der Waals surface area contributed by atoms with E-state index in [1.165, 1.54) is 24.8 Å². The van der Waals surface area contributed by atoms with Crippen LogP contribution in [0.5, 0.6) is 0 Å². The van der Waals surface area contributed by atoms with E-state index in [9.17, 15) is 4.79 Å². The monoisotopic (exact) mass is 232 g/mol. The van der Waals surface area contributed by atoms with Crippen molar-refractivity contribution < 1.29 is 9.53 Å². The van der Waals surface area contributed by atoms with Gasteiger partial charge in [-0.05, 0) is 19.8 Å². The van der Waals surface area contributed by atoms with Gasteiger partial charge >= 0.3 is 0 Å². The van der Waals surface area contributed by atoms with Gasteiger partial charge in [-0.25, -0.2) is 0 Å². The van der Waals surface area contributed by atoms with E-state index in [0.717, 1.165) is 18.4 Å². The molecule has 2 nitrogen and oxygen atoms in total. The fraction of sp³-hybridized carbons (Fsp3) is 0.533. The van der Waals surface area contributed by atoms with Gasteiger partial charge in [-0.3, -0.25) is 4.79 Å². The number of carbonyl (C=O) groups excluding carboxylic acids is 1. The van der Waals surface area contributed by atoms with Gasteiger partial charge in [-0.2, -0.15) is 0 Å². The van der Waals surface area contributed by atoms with Crippen LogP contribution in [0.2, 0.25) is 0 Å². The predicted octanol–water partition coefficient (Wildman–Crippen LogP) is 3.53. The maximum atomic E-state index is 11.9. The number of hydrogen-bond donors (Lipinski definition) is 0. The fourth-order valence-electron chi connectivity index (χ4n) is 2.25. The van der Waals surface area contributed by atoms with E-state index in [1.807, 2.05) is 31.2 Å². The van der Waals surface area contributed by atoms with Crippen LogP contribution in [0.4, 0.5) is 0 Å². The summed E-state index contributed by atoms with van der Waals surface area (Å²) in [7, 11) is 0. The van der Waals surface area contributed by atoms with Gasteiger partial charge in [0.2, 0.25) is 0 Å². The number of ketones is 1. The van der Waals surface area contributed by atoms with Gasteiger partial charge in [0, 0.05) is 5.56 Å². The number of ether oxygens (including phenoxy) is 1. The highest BCUT2D eigenvalue weighted by Gasteiger charge is 2.15. The summed E-state index contributed by atoms with van der Waals surface area (Å²) >= 11 is 0. The third-order valence-corrected chi connectivity index (χ3v) is 3.38. The molecule has 1 aromatic carbocycles. The summed E-state index contributed by atoms with van der Waals surface area (Å²) in [6.07, 6.45) is 6.32. The lowest BCUT2D eigenvalue weighted by atomic mass is 9.98. The first-order valence-electron chi connectivity index (χ1n) is 6.47. The van der Waals surface area contributed by atoms with Crippen molar-refractivity contribution in [2.24, 2.45) is 0 Å². The molecule has 1 saturated carbocycles. The molecule has 0 heterocycles. The minimum absolute atomic E-state index is 0.0931. The zero-order valence-electron chi connectivity index (χ0n) is 10.4. The van der Waals surface area contributed by atoms with Gasteiger partial charge in [0.1, 0.15) is 6.61 Å². The number of aryl methyl sites for hydroxylation is 1. The van der Waals surface area contributed by atoms with Crippen molar-refractivity contribution in [3.63, 3.8) is 0 Å². The Labute approximate surface area is 103 Å². The van der Waals surface area contributed by atoms with Gasteiger partial charge < -0.3 is 4.74 Å². The summed E-state index contributed by atoms with van der Waals surface area (Å²) in [5, 5.41) is 0. The van der Waals surface area contributed by atoms with Gasteiger partial charge in [0.25, 0.3) is 0 Å². The van der Waals surface area contributed by atoms with Crippen molar-refractivity contribution in [1.82, 2.24) is 0 Å². The van der Waals surface area contributed by atoms with Crippen LogP contribution in [-0.2, 0) is 4.74 Å². The first-order chi connectivity index (χ1) is 8.25. The summed E-state index contributed by atoms with van der Waals surface area (Å²) in [6, 6.07) is 7.69. The molecule has 2 rings (SSSR count). The standard InChI is InChI=1S/C15H20O2/c1-12-7-9-13(10-8-12)15(16)11-17-14-5-3-2-4-6-14/h7-10,14H,2-6,11H2,1H3. The van der Waals surface area contributed by atoms with Crippen molar-refractivity contribution in [3.05, 3.63) is 35.4 Å². The largest absolute Gasteiger partial charge is 0.370 e. The molecule has 1 aromatic rings. The second kappa shape index (κ2) is 5.97. The van der Waals surface area contributed by atoms with Gasteiger partial charge in [-0.1, -0.05) is 49.1 Å². The Kier molecular flexibility index (Phi) is 4.32. The molecular weight excluding hydrogens is 212 g/mol. The quantitative estimate of drug-likeness (QED) is 0.742. The summed E-state index contributed by atoms with van der Waals surface area (Å²) in [5.74, 6) is 0.0931. The SMILES string of the molecule is Cc1ccc(C(=O)COC2CCCCC2)cc1. The van der Waals surface area contributed by atoms with E-state index in [1.54, 1.807) is 0 Å². The highest BCUT2D eigenvalue weighted by atomic mass is 16.5. The molecule has 1 aliphatic rings. The minimum Gasteiger partial charge on any atom is -0.370 e. The summed E-state index contributed by atoms with van der Waals surface area (Å²) in [5.41, 5.74) is 1.93. The Hall–Kier alpha value is -1.15. The third kappa shape index (κ3) is 3.67. The molecule has 0 unspecified atom stereocenters. The van der Waals surface area contributed by atoms with E-state index in [-0.39, 0.29) is 12.4 Å². The van der Waals surface area contributed by atoms with Crippen LogP contribution in [-0.4, -0.2) is 18.5 Å². The Morgan fingerprint density at radius 1 is 1.18 bits per heavy atom. The van der Waals surface area contributed by atoms with E-state index in [2.05, 4.69) is 0 Å². The highest BCUT2D eigenvalue weighted by molar-refractivity contribution is 5.97. The molecule has 1 aliphatic carbocycles. The number of hydrogen-bond acceptors (Lipinski definition) is 2. The molecule has 0 atom stereocenters. The maximum Gasteiger partial charge on any atom is 0.188 e. The van der Waals surface area contributed by atoms with Crippen LogP contribution in [0, 0.1) is 6.92 Å². The summed E-state index contributed by atoms with van der Waals surface area (Å²) in [6.45, 7) is 2.25. The highest BCUT2D eigenvalue weighted by Crippen LogP contribution is 2.20. The lowest BCUT2D eigenvalue weighted by Gasteiger charge is -2.21. The summed E-state index contributed by atoms with van der Waals surface area (Å²) < 4.78 is 5.68. The Morgan fingerprint density at radius 2 is 1.82 bits per heavy atom. The fourth-order valence-corrected chi connectivity index (χ4v) is 2.25. The molecule has 0 radical (unpaired) electrons. The Morgan fingerprint density at radius 3 is 2.47 bits per heavy atom. The smallest absolute Gasteiger partial charge is 0.188 e. The average Bonchev–Trinajstić information content (AvgIpc) is 2.38. The van der Waals surface area contributed by atoms with Crippen LogP contribution in [0.25, 0.3) is 0 Å². The van der Waals surface area contributed by atoms with Crippen LogP contribution >= 0.6 is 0 Å². The van der Waals surface area contributed by atoms with Crippen molar-refractivity contribution in [2.45, 2.75) is 45.1 Å². The first kappa shape index (κ1) is 12.3.